The summed E-state index contributed by atoms with van der Waals surface area (Å²) in [6.07, 6.45) is 6.34. The summed E-state index contributed by atoms with van der Waals surface area (Å²) >= 11 is 0. The summed E-state index contributed by atoms with van der Waals surface area (Å²) in [6, 6.07) is 16.8. The molecule has 26 heavy (non-hydrogen) atoms. The first-order chi connectivity index (χ1) is 12.7. The average molecular weight is 349 g/mol. The summed E-state index contributed by atoms with van der Waals surface area (Å²) < 4.78 is 0. The summed E-state index contributed by atoms with van der Waals surface area (Å²) in [5.41, 5.74) is 5.49. The number of rotatable bonds is 4. The van der Waals surface area contributed by atoms with Gasteiger partial charge in [-0.25, -0.2) is 0 Å². The Balaban J connectivity index is 1.74. The van der Waals surface area contributed by atoms with Crippen molar-refractivity contribution in [2.75, 3.05) is 6.61 Å². The third-order valence-corrected chi connectivity index (χ3v) is 6.20. The van der Waals surface area contributed by atoms with Crippen LogP contribution in [0.2, 0.25) is 0 Å². The molecule has 4 rings (SSSR count). The topological polar surface area (TPSA) is 41.8 Å². The Morgan fingerprint density at radius 1 is 1.15 bits per heavy atom. The van der Waals surface area contributed by atoms with Gasteiger partial charge in [0.25, 0.3) is 0 Å². The van der Waals surface area contributed by atoms with Gasteiger partial charge in [0.2, 0.25) is 0 Å². The molecule has 2 atom stereocenters. The fourth-order valence-electron chi connectivity index (χ4n) is 5.02. The first kappa shape index (κ1) is 17.1. The number of benzene rings is 2. The fraction of sp³-hybridized carbons (Fsp3) is 0.435. The molecule has 0 unspecified atom stereocenters. The van der Waals surface area contributed by atoms with E-state index in [-0.39, 0.29) is 5.41 Å². The molecule has 0 saturated heterocycles. The van der Waals surface area contributed by atoms with E-state index in [2.05, 4.69) is 41.6 Å². The Morgan fingerprint density at radius 2 is 2.00 bits per heavy atom. The molecule has 0 amide bonds. The molecule has 0 spiro atoms. The summed E-state index contributed by atoms with van der Waals surface area (Å²) in [6.45, 7) is 2.61. The lowest BCUT2D eigenvalue weighted by Gasteiger charge is -2.49. The van der Waals surface area contributed by atoms with Crippen LogP contribution in [0.4, 0.5) is 0 Å². The van der Waals surface area contributed by atoms with Crippen LogP contribution < -0.4 is 0 Å². The molecule has 2 aromatic rings. The van der Waals surface area contributed by atoms with E-state index < -0.39 is 0 Å². The highest BCUT2D eigenvalue weighted by atomic mass is 16.6. The Labute approximate surface area is 155 Å². The van der Waals surface area contributed by atoms with Crippen molar-refractivity contribution in [2.45, 2.75) is 50.9 Å². The van der Waals surface area contributed by atoms with Gasteiger partial charge < -0.3 is 9.94 Å². The zero-order valence-corrected chi connectivity index (χ0v) is 15.4. The van der Waals surface area contributed by atoms with Gasteiger partial charge in [0.05, 0.1) is 5.71 Å². The van der Waals surface area contributed by atoms with Crippen molar-refractivity contribution in [3.8, 4) is 5.75 Å². The first-order valence-electron chi connectivity index (χ1n) is 9.75. The van der Waals surface area contributed by atoms with E-state index >= 15 is 0 Å². The van der Waals surface area contributed by atoms with E-state index in [1.54, 1.807) is 0 Å². The van der Waals surface area contributed by atoms with Gasteiger partial charge in [-0.05, 0) is 80.2 Å². The molecule has 3 nitrogen and oxygen atoms in total. The minimum Gasteiger partial charge on any atom is -0.508 e. The van der Waals surface area contributed by atoms with Gasteiger partial charge in [-0.15, -0.1) is 0 Å². The van der Waals surface area contributed by atoms with Crippen molar-refractivity contribution in [3.63, 3.8) is 0 Å². The number of phenolic OH excluding ortho intramolecular Hbond substituents is 1. The van der Waals surface area contributed by atoms with Crippen LogP contribution in [-0.4, -0.2) is 17.4 Å². The van der Waals surface area contributed by atoms with Crippen molar-refractivity contribution in [1.29, 1.82) is 0 Å². The second-order valence-corrected chi connectivity index (χ2v) is 7.67. The van der Waals surface area contributed by atoms with Crippen LogP contribution in [0.3, 0.4) is 0 Å². The Kier molecular flexibility index (Phi) is 4.71. The van der Waals surface area contributed by atoms with Gasteiger partial charge in [-0.3, -0.25) is 0 Å². The highest BCUT2D eigenvalue weighted by Crippen LogP contribution is 2.51. The molecular weight excluding hydrogens is 322 g/mol. The molecular formula is C23H27NO2. The number of fused-ring (bicyclic) bond motifs is 3. The van der Waals surface area contributed by atoms with Crippen molar-refractivity contribution in [3.05, 3.63) is 65.2 Å². The van der Waals surface area contributed by atoms with E-state index in [0.29, 0.717) is 18.3 Å². The van der Waals surface area contributed by atoms with Crippen molar-refractivity contribution in [1.82, 2.24) is 0 Å². The van der Waals surface area contributed by atoms with E-state index in [1.165, 1.54) is 22.4 Å². The van der Waals surface area contributed by atoms with Crippen LogP contribution in [0.1, 0.15) is 49.3 Å². The van der Waals surface area contributed by atoms with E-state index in [4.69, 9.17) is 4.84 Å². The Bertz CT molecular complexity index is 799. The third-order valence-electron chi connectivity index (χ3n) is 6.20. The van der Waals surface area contributed by atoms with Crippen LogP contribution in [-0.2, 0) is 23.1 Å². The molecule has 1 N–H and O–H groups in total. The molecule has 1 fully saturated rings. The molecule has 0 aliphatic heterocycles. The number of aromatic hydroxyl groups is 1. The van der Waals surface area contributed by atoms with E-state index in [1.807, 2.05) is 19.1 Å². The smallest absolute Gasteiger partial charge is 0.115 e. The van der Waals surface area contributed by atoms with Crippen LogP contribution in [0.5, 0.6) is 5.75 Å². The molecule has 0 heterocycles. The largest absolute Gasteiger partial charge is 0.508 e. The zero-order valence-electron chi connectivity index (χ0n) is 15.4. The Morgan fingerprint density at radius 3 is 2.81 bits per heavy atom. The lowest BCUT2D eigenvalue weighted by Crippen LogP contribution is -2.46. The van der Waals surface area contributed by atoms with Crippen molar-refractivity contribution < 1.29 is 9.94 Å². The quantitative estimate of drug-likeness (QED) is 0.788. The van der Waals surface area contributed by atoms with Crippen LogP contribution >= 0.6 is 0 Å². The van der Waals surface area contributed by atoms with Gasteiger partial charge in [0, 0.05) is 5.41 Å². The maximum Gasteiger partial charge on any atom is 0.115 e. The second kappa shape index (κ2) is 7.14. The number of nitrogens with zero attached hydrogens (tertiary/aromatic N) is 1. The number of oxime groups is 1. The lowest BCUT2D eigenvalue weighted by molar-refractivity contribution is 0.149. The molecule has 0 aromatic heterocycles. The third kappa shape index (κ3) is 3.11. The van der Waals surface area contributed by atoms with Gasteiger partial charge >= 0.3 is 0 Å². The molecule has 136 valence electrons. The standard InChI is InChI=1S/C23H27NO2/c1-2-26-24-20-12-13-23(16-17-6-4-3-5-7-17)19(15-20)9-8-18-14-21(25)10-11-22(18)23/h3-7,10-11,14,19,25H,2,8-9,12-13,15-16H2,1H3/t19-,23+/m1/s1. The number of phenols is 1. The molecule has 0 bridgehead atoms. The molecule has 2 aliphatic rings. The van der Waals surface area contributed by atoms with Crippen LogP contribution in [0.15, 0.2) is 53.7 Å². The number of hydrogen-bond acceptors (Lipinski definition) is 3. The SMILES string of the molecule is CCON=C1CC[C@@]2(Cc3ccccc3)c3ccc(O)cc3CC[C@@H]2C1. The summed E-state index contributed by atoms with van der Waals surface area (Å²) in [5.74, 6) is 0.958. The van der Waals surface area contributed by atoms with Gasteiger partial charge in [0.1, 0.15) is 12.4 Å². The van der Waals surface area contributed by atoms with Gasteiger partial charge in [-0.2, -0.15) is 0 Å². The maximum atomic E-state index is 9.96. The fourth-order valence-corrected chi connectivity index (χ4v) is 5.02. The molecule has 1 saturated carbocycles. The van der Waals surface area contributed by atoms with E-state index in [0.717, 1.165) is 38.5 Å². The predicted molar refractivity (Wildman–Crippen MR) is 105 cm³/mol. The minimum absolute atomic E-state index is 0.133. The Hall–Kier alpha value is -2.29. The summed E-state index contributed by atoms with van der Waals surface area (Å²) in [5, 5.41) is 14.3. The number of aryl methyl sites for hydroxylation is 1. The van der Waals surface area contributed by atoms with E-state index in [9.17, 15) is 5.11 Å². The lowest BCUT2D eigenvalue weighted by atomic mass is 9.55. The van der Waals surface area contributed by atoms with Crippen LogP contribution in [0, 0.1) is 5.92 Å². The summed E-state index contributed by atoms with van der Waals surface area (Å²) in [7, 11) is 0. The summed E-state index contributed by atoms with van der Waals surface area (Å²) in [4.78, 5) is 5.34. The highest BCUT2D eigenvalue weighted by Gasteiger charge is 2.47. The van der Waals surface area contributed by atoms with Gasteiger partial charge in [-0.1, -0.05) is 41.6 Å². The monoisotopic (exact) mass is 349 g/mol. The van der Waals surface area contributed by atoms with Crippen molar-refractivity contribution >= 4 is 5.71 Å². The normalized spacial score (nSPS) is 26.2. The predicted octanol–water partition coefficient (Wildman–Crippen LogP) is 5.01. The average Bonchev–Trinajstić information content (AvgIpc) is 2.67. The highest BCUT2D eigenvalue weighted by molar-refractivity contribution is 5.85. The molecule has 2 aromatic carbocycles. The minimum atomic E-state index is 0.133. The molecule has 3 heteroatoms. The first-order valence-corrected chi connectivity index (χ1v) is 9.75. The maximum absolute atomic E-state index is 9.96. The second-order valence-electron chi connectivity index (χ2n) is 7.67. The molecule has 2 aliphatic carbocycles. The number of hydrogen-bond donors (Lipinski definition) is 1. The molecule has 0 radical (unpaired) electrons. The van der Waals surface area contributed by atoms with Crippen LogP contribution in [0.25, 0.3) is 0 Å². The zero-order chi connectivity index (χ0) is 18.0. The van der Waals surface area contributed by atoms with Gasteiger partial charge in [0.15, 0.2) is 0 Å². The van der Waals surface area contributed by atoms with Crippen molar-refractivity contribution in [2.24, 2.45) is 11.1 Å².